The van der Waals surface area contributed by atoms with Gasteiger partial charge in [0, 0.05) is 5.56 Å². The molecule has 0 saturated carbocycles. The molecule has 1 aromatic carbocycles. The average Bonchev–Trinajstić information content (AvgIpc) is 2.03. The smallest absolute Gasteiger partial charge is 0.268 e. The fourth-order valence-electron chi connectivity index (χ4n) is 1.04. The lowest BCUT2D eigenvalue weighted by Crippen LogP contribution is -2.08. The Hall–Kier alpha value is -1.16. The summed E-state index contributed by atoms with van der Waals surface area (Å²) >= 11 is 0. The summed E-state index contributed by atoms with van der Waals surface area (Å²) in [6.45, 7) is 1.72. The number of hydrogen-bond donors (Lipinski definition) is 2. The van der Waals surface area contributed by atoms with Crippen LogP contribution in [0.2, 0.25) is 0 Å². The van der Waals surface area contributed by atoms with Gasteiger partial charge >= 0.3 is 0 Å². The standard InChI is InChI=1S/C9H10F2O2/c1-5-2-3-6(7(12)4-5)8(13)9(10)11/h2-4,8-9,12-13H,1H3. The molecule has 2 N–H and O–H groups in total. The zero-order valence-electron chi connectivity index (χ0n) is 7.04. The molecule has 1 unspecified atom stereocenters. The van der Waals surface area contributed by atoms with Gasteiger partial charge in [-0.15, -0.1) is 0 Å². The summed E-state index contributed by atoms with van der Waals surface area (Å²) in [5.74, 6) is -0.298. The van der Waals surface area contributed by atoms with Crippen LogP contribution in [0.4, 0.5) is 8.78 Å². The molecule has 4 heteroatoms. The van der Waals surface area contributed by atoms with Gasteiger partial charge in [0.25, 0.3) is 6.43 Å². The maximum atomic E-state index is 12.0. The number of hydrogen-bond acceptors (Lipinski definition) is 2. The van der Waals surface area contributed by atoms with Gasteiger partial charge in [0.2, 0.25) is 0 Å². The Kier molecular flexibility index (Phi) is 2.83. The number of aromatic hydroxyl groups is 1. The third-order valence-corrected chi connectivity index (χ3v) is 1.74. The molecule has 1 atom stereocenters. The number of aliphatic hydroxyl groups excluding tert-OH is 1. The van der Waals surface area contributed by atoms with E-state index in [-0.39, 0.29) is 11.3 Å². The molecule has 0 fully saturated rings. The van der Waals surface area contributed by atoms with E-state index < -0.39 is 12.5 Å². The van der Waals surface area contributed by atoms with E-state index in [1.54, 1.807) is 13.0 Å². The van der Waals surface area contributed by atoms with Crippen LogP contribution in [0.5, 0.6) is 5.75 Å². The third-order valence-electron chi connectivity index (χ3n) is 1.74. The largest absolute Gasteiger partial charge is 0.508 e. The van der Waals surface area contributed by atoms with Crippen molar-refractivity contribution in [3.63, 3.8) is 0 Å². The van der Waals surface area contributed by atoms with Crippen LogP contribution >= 0.6 is 0 Å². The van der Waals surface area contributed by atoms with Crippen molar-refractivity contribution in [3.8, 4) is 5.75 Å². The summed E-state index contributed by atoms with van der Waals surface area (Å²) in [6, 6.07) is 4.18. The number of rotatable bonds is 2. The van der Waals surface area contributed by atoms with Crippen LogP contribution < -0.4 is 0 Å². The van der Waals surface area contributed by atoms with Gasteiger partial charge in [0.15, 0.2) is 0 Å². The molecule has 0 aliphatic rings. The first-order valence-corrected chi connectivity index (χ1v) is 3.78. The van der Waals surface area contributed by atoms with Crippen molar-refractivity contribution in [1.29, 1.82) is 0 Å². The molecule has 0 aromatic heterocycles. The van der Waals surface area contributed by atoms with Crippen LogP contribution in [-0.2, 0) is 0 Å². The first-order valence-electron chi connectivity index (χ1n) is 3.78. The maximum Gasteiger partial charge on any atom is 0.268 e. The number of halogens is 2. The fourth-order valence-corrected chi connectivity index (χ4v) is 1.04. The molecule has 0 radical (unpaired) electrons. The summed E-state index contributed by atoms with van der Waals surface area (Å²) in [5.41, 5.74) is 0.614. The highest BCUT2D eigenvalue weighted by atomic mass is 19.3. The second kappa shape index (κ2) is 3.70. The van der Waals surface area contributed by atoms with Crippen LogP contribution in [0.3, 0.4) is 0 Å². The van der Waals surface area contributed by atoms with Crippen LogP contribution in [0.1, 0.15) is 17.2 Å². The quantitative estimate of drug-likeness (QED) is 0.745. The van der Waals surface area contributed by atoms with Gasteiger partial charge in [-0.05, 0) is 18.6 Å². The Bertz CT molecular complexity index is 300. The van der Waals surface area contributed by atoms with Gasteiger partial charge in [-0.25, -0.2) is 8.78 Å². The monoisotopic (exact) mass is 188 g/mol. The zero-order chi connectivity index (χ0) is 10.0. The molecule has 1 aromatic rings. The van der Waals surface area contributed by atoms with Crippen molar-refractivity contribution in [2.45, 2.75) is 19.5 Å². The fraction of sp³-hybridized carbons (Fsp3) is 0.333. The van der Waals surface area contributed by atoms with Gasteiger partial charge in [-0.3, -0.25) is 0 Å². The molecule has 0 amide bonds. The lowest BCUT2D eigenvalue weighted by molar-refractivity contribution is -0.00698. The van der Waals surface area contributed by atoms with E-state index in [1.807, 2.05) is 0 Å². The molecule has 0 saturated heterocycles. The van der Waals surface area contributed by atoms with Crippen LogP contribution in [-0.4, -0.2) is 16.6 Å². The number of aliphatic hydroxyl groups is 1. The summed E-state index contributed by atoms with van der Waals surface area (Å²) in [4.78, 5) is 0. The highest BCUT2D eigenvalue weighted by Gasteiger charge is 2.21. The average molecular weight is 188 g/mol. The summed E-state index contributed by atoms with van der Waals surface area (Å²) < 4.78 is 24.1. The van der Waals surface area contributed by atoms with Crippen LogP contribution in [0.15, 0.2) is 18.2 Å². The molecule has 2 nitrogen and oxygen atoms in total. The van der Waals surface area contributed by atoms with E-state index in [2.05, 4.69) is 0 Å². The molecule has 0 aliphatic heterocycles. The second-order valence-electron chi connectivity index (χ2n) is 2.84. The Morgan fingerprint density at radius 1 is 1.31 bits per heavy atom. The first-order chi connectivity index (χ1) is 6.02. The van der Waals surface area contributed by atoms with E-state index in [0.29, 0.717) is 0 Å². The summed E-state index contributed by atoms with van der Waals surface area (Å²) in [6.07, 6.45) is -4.80. The van der Waals surface area contributed by atoms with Crippen molar-refractivity contribution in [2.75, 3.05) is 0 Å². The van der Waals surface area contributed by atoms with Crippen molar-refractivity contribution >= 4 is 0 Å². The zero-order valence-corrected chi connectivity index (χ0v) is 7.04. The highest BCUT2D eigenvalue weighted by Crippen LogP contribution is 2.28. The molecular weight excluding hydrogens is 178 g/mol. The molecule has 72 valence electrons. The normalized spacial score (nSPS) is 13.3. The number of alkyl halides is 2. The van der Waals surface area contributed by atoms with E-state index in [9.17, 15) is 13.9 Å². The summed E-state index contributed by atoms with van der Waals surface area (Å²) in [7, 11) is 0. The topological polar surface area (TPSA) is 40.5 Å². The van der Waals surface area contributed by atoms with Crippen LogP contribution in [0, 0.1) is 6.92 Å². The number of aryl methyl sites for hydroxylation is 1. The van der Waals surface area contributed by atoms with E-state index in [4.69, 9.17) is 5.11 Å². The Labute approximate surface area is 74.4 Å². The van der Waals surface area contributed by atoms with Crippen molar-refractivity contribution in [2.24, 2.45) is 0 Å². The predicted octanol–water partition coefficient (Wildman–Crippen LogP) is 2.00. The second-order valence-corrected chi connectivity index (χ2v) is 2.84. The van der Waals surface area contributed by atoms with E-state index in [1.165, 1.54) is 12.1 Å². The number of benzene rings is 1. The lowest BCUT2D eigenvalue weighted by atomic mass is 10.1. The Balaban J connectivity index is 3.01. The third kappa shape index (κ3) is 2.15. The maximum absolute atomic E-state index is 12.0. The van der Waals surface area contributed by atoms with Crippen molar-refractivity contribution < 1.29 is 19.0 Å². The van der Waals surface area contributed by atoms with Gasteiger partial charge in [0.1, 0.15) is 11.9 Å². The SMILES string of the molecule is Cc1ccc(C(O)C(F)F)c(O)c1. The van der Waals surface area contributed by atoms with E-state index >= 15 is 0 Å². The van der Waals surface area contributed by atoms with Crippen molar-refractivity contribution in [3.05, 3.63) is 29.3 Å². The molecule has 0 heterocycles. The number of phenolic OH excluding ortho intramolecular Hbond substituents is 1. The molecule has 0 aliphatic carbocycles. The molecule has 0 spiro atoms. The molecule has 1 rings (SSSR count). The predicted molar refractivity (Wildman–Crippen MR) is 43.8 cm³/mol. The van der Waals surface area contributed by atoms with Crippen molar-refractivity contribution in [1.82, 2.24) is 0 Å². The molecule has 0 bridgehead atoms. The van der Waals surface area contributed by atoms with Crippen LogP contribution in [0.25, 0.3) is 0 Å². The minimum atomic E-state index is -2.88. The molecule has 13 heavy (non-hydrogen) atoms. The highest BCUT2D eigenvalue weighted by molar-refractivity contribution is 5.37. The van der Waals surface area contributed by atoms with E-state index in [0.717, 1.165) is 5.56 Å². The Morgan fingerprint density at radius 2 is 1.92 bits per heavy atom. The number of phenols is 1. The lowest BCUT2D eigenvalue weighted by Gasteiger charge is -2.11. The van der Waals surface area contributed by atoms with Gasteiger partial charge in [-0.2, -0.15) is 0 Å². The first kappa shape index (κ1) is 9.92. The Morgan fingerprint density at radius 3 is 2.38 bits per heavy atom. The van der Waals surface area contributed by atoms with Gasteiger partial charge < -0.3 is 10.2 Å². The van der Waals surface area contributed by atoms with Gasteiger partial charge in [0.05, 0.1) is 0 Å². The van der Waals surface area contributed by atoms with Gasteiger partial charge in [-0.1, -0.05) is 12.1 Å². The minimum absolute atomic E-state index is 0.138. The summed E-state index contributed by atoms with van der Waals surface area (Å²) in [5, 5.41) is 18.2. The minimum Gasteiger partial charge on any atom is -0.508 e. The molecular formula is C9H10F2O2.